The molecule has 0 saturated carbocycles. The highest BCUT2D eigenvalue weighted by atomic mass is 32.9. The Morgan fingerprint density at radius 2 is 2.37 bits per heavy atom. The molecule has 1 aromatic rings. The number of hydrogen-bond donors (Lipinski definition) is 1. The molecule has 0 spiro atoms. The van der Waals surface area contributed by atoms with Crippen LogP contribution in [0.1, 0.15) is 12.5 Å². The monoisotopic (exact) mass is 303 g/mol. The summed E-state index contributed by atoms with van der Waals surface area (Å²) in [6, 6.07) is 6.15. The van der Waals surface area contributed by atoms with E-state index in [1.165, 1.54) is 0 Å². The van der Waals surface area contributed by atoms with Crippen molar-refractivity contribution in [2.45, 2.75) is 19.9 Å². The molecule has 1 aromatic carbocycles. The second-order valence-corrected chi connectivity index (χ2v) is 6.93. The number of rotatable bonds is 4. The number of hydrogen-bond acceptors (Lipinski definition) is 5. The van der Waals surface area contributed by atoms with Gasteiger partial charge in [-0.05, 0) is 31.5 Å². The van der Waals surface area contributed by atoms with Crippen molar-refractivity contribution >= 4 is 25.9 Å². The van der Waals surface area contributed by atoms with E-state index in [-0.39, 0.29) is 12.6 Å². The van der Waals surface area contributed by atoms with Gasteiger partial charge in [-0.2, -0.15) is 4.21 Å². The van der Waals surface area contributed by atoms with E-state index in [1.807, 2.05) is 32.0 Å². The van der Waals surface area contributed by atoms with Gasteiger partial charge < -0.3 is 9.64 Å². The molecule has 0 aromatic heterocycles. The fourth-order valence-corrected chi connectivity index (χ4v) is 2.58. The third-order valence-electron chi connectivity index (χ3n) is 3.00. The molecule has 1 N–H and O–H groups in total. The lowest BCUT2D eigenvalue weighted by molar-refractivity contribution is 0.256. The van der Waals surface area contributed by atoms with Gasteiger partial charge in [0.2, 0.25) is 0 Å². The van der Waals surface area contributed by atoms with Crippen LogP contribution in [0.3, 0.4) is 0 Å². The van der Waals surface area contributed by atoms with Crippen molar-refractivity contribution in [1.82, 2.24) is 0 Å². The third-order valence-corrected chi connectivity index (χ3v) is 3.75. The predicted octanol–water partition coefficient (Wildman–Crippen LogP) is 1.73. The Morgan fingerprint density at radius 1 is 1.63 bits per heavy atom. The van der Waals surface area contributed by atoms with Crippen LogP contribution in [0.4, 0.5) is 5.69 Å². The molecule has 19 heavy (non-hydrogen) atoms. The smallest absolute Gasteiger partial charge is 0.266 e. The second kappa shape index (κ2) is 5.62. The molecular formula is C12H17NO4S2. The number of fused-ring (bicyclic) bond motifs is 1. The van der Waals surface area contributed by atoms with Crippen molar-refractivity contribution in [3.63, 3.8) is 0 Å². The zero-order valence-electron chi connectivity index (χ0n) is 10.9. The molecule has 5 nitrogen and oxygen atoms in total. The van der Waals surface area contributed by atoms with Crippen LogP contribution in [0.25, 0.3) is 0 Å². The molecule has 1 heterocycles. The Kier molecular flexibility index (Phi) is 4.29. The maximum absolute atomic E-state index is 10.9. The van der Waals surface area contributed by atoms with Crippen molar-refractivity contribution in [3.05, 3.63) is 23.8 Å². The first kappa shape index (κ1) is 14.5. The second-order valence-electron chi connectivity index (χ2n) is 4.57. The summed E-state index contributed by atoms with van der Waals surface area (Å²) in [7, 11) is -3.55. The number of nitrogens with zero attached hydrogens (tertiary/aromatic N) is 1. The summed E-state index contributed by atoms with van der Waals surface area (Å²) >= 11 is 4.30. The van der Waals surface area contributed by atoms with Crippen LogP contribution in [-0.4, -0.2) is 34.6 Å². The number of anilines is 1. The minimum atomic E-state index is -3.55. The van der Waals surface area contributed by atoms with Gasteiger partial charge in [0.1, 0.15) is 12.4 Å². The van der Waals surface area contributed by atoms with Gasteiger partial charge >= 0.3 is 0 Å². The van der Waals surface area contributed by atoms with Crippen molar-refractivity contribution in [2.75, 3.05) is 24.7 Å². The van der Waals surface area contributed by atoms with Gasteiger partial charge in [0.15, 0.2) is 0 Å². The summed E-state index contributed by atoms with van der Waals surface area (Å²) in [6.07, 6.45) is 0. The van der Waals surface area contributed by atoms with E-state index in [0.29, 0.717) is 13.2 Å². The molecule has 106 valence electrons. The van der Waals surface area contributed by atoms with E-state index in [1.54, 1.807) is 0 Å². The molecule has 1 aliphatic rings. The fourth-order valence-electron chi connectivity index (χ4n) is 2.09. The molecule has 0 amide bonds. The van der Waals surface area contributed by atoms with Crippen LogP contribution in [0.15, 0.2) is 18.2 Å². The van der Waals surface area contributed by atoms with Crippen molar-refractivity contribution in [2.24, 2.45) is 0 Å². The third kappa shape index (κ3) is 3.79. The topological polar surface area (TPSA) is 59.0 Å². The SMILES string of the molecule is Cc1ccc2c(c1)N(CCOS(=O)(O)=S)[C@@H](C)CO2. The van der Waals surface area contributed by atoms with Gasteiger partial charge in [0.05, 0.1) is 18.3 Å². The molecule has 0 radical (unpaired) electrons. The Bertz CT molecular complexity index is 559. The zero-order valence-corrected chi connectivity index (χ0v) is 12.5. The van der Waals surface area contributed by atoms with E-state index in [0.717, 1.165) is 17.0 Å². The van der Waals surface area contributed by atoms with Crippen LogP contribution >= 0.6 is 0 Å². The van der Waals surface area contributed by atoms with Gasteiger partial charge in [-0.25, -0.2) is 0 Å². The number of benzene rings is 1. The highest BCUT2D eigenvalue weighted by Crippen LogP contribution is 2.34. The molecule has 1 unspecified atom stereocenters. The Morgan fingerprint density at radius 3 is 3.05 bits per heavy atom. The lowest BCUT2D eigenvalue weighted by atomic mass is 10.1. The predicted molar refractivity (Wildman–Crippen MR) is 77.6 cm³/mol. The average Bonchev–Trinajstić information content (AvgIpc) is 2.30. The van der Waals surface area contributed by atoms with Crippen LogP contribution in [-0.2, 0) is 24.4 Å². The minimum absolute atomic E-state index is 0.108. The van der Waals surface area contributed by atoms with E-state index >= 15 is 0 Å². The Labute approximate surface area is 118 Å². The van der Waals surface area contributed by atoms with Gasteiger partial charge in [-0.1, -0.05) is 6.07 Å². The molecule has 1 aliphatic heterocycles. The zero-order chi connectivity index (χ0) is 14.0. The normalized spacial score (nSPS) is 21.4. The lowest BCUT2D eigenvalue weighted by Gasteiger charge is -2.36. The maximum atomic E-state index is 10.9. The van der Waals surface area contributed by atoms with Crippen molar-refractivity contribution in [3.8, 4) is 5.75 Å². The quantitative estimate of drug-likeness (QED) is 0.914. The number of ether oxygens (including phenoxy) is 1. The first-order valence-corrected chi connectivity index (χ1v) is 8.35. The molecule has 0 saturated heterocycles. The summed E-state index contributed by atoms with van der Waals surface area (Å²) in [5.41, 5.74) is 2.12. The van der Waals surface area contributed by atoms with E-state index in [4.69, 9.17) is 13.5 Å². The lowest BCUT2D eigenvalue weighted by Crippen LogP contribution is -2.43. The molecule has 2 atom stereocenters. The molecule has 7 heteroatoms. The standard InChI is InChI=1S/C12H17NO4S2/c1-9-3-4-12-11(7-9)13(10(2)8-16-12)5-6-17-19(14,15)18/h3-4,7,10H,5-6,8H2,1-2H3,(H,14,15,18)/t10-/m0/s1. The summed E-state index contributed by atoms with van der Waals surface area (Å²) in [5, 5.41) is 0. The van der Waals surface area contributed by atoms with Crippen LogP contribution in [0.5, 0.6) is 5.75 Å². The average molecular weight is 303 g/mol. The van der Waals surface area contributed by atoms with Gasteiger partial charge in [-0.3, -0.25) is 8.74 Å². The highest BCUT2D eigenvalue weighted by molar-refractivity contribution is 8.27. The number of aryl methyl sites for hydroxylation is 1. The molecule has 0 aliphatic carbocycles. The summed E-state index contributed by atoms with van der Waals surface area (Å²) in [6.45, 7) is 5.23. The molecule has 2 rings (SSSR count). The summed E-state index contributed by atoms with van der Waals surface area (Å²) < 4.78 is 30.2. The molecular weight excluding hydrogens is 286 g/mol. The fraction of sp³-hybridized carbons (Fsp3) is 0.500. The van der Waals surface area contributed by atoms with E-state index < -0.39 is 9.05 Å². The Hall–Kier alpha value is -0.890. The first-order valence-electron chi connectivity index (χ1n) is 5.99. The van der Waals surface area contributed by atoms with Crippen LogP contribution in [0.2, 0.25) is 0 Å². The minimum Gasteiger partial charge on any atom is -0.489 e. The summed E-state index contributed by atoms with van der Waals surface area (Å²) in [5.74, 6) is 0.826. The maximum Gasteiger partial charge on any atom is 0.266 e. The largest absolute Gasteiger partial charge is 0.489 e. The highest BCUT2D eigenvalue weighted by Gasteiger charge is 2.24. The van der Waals surface area contributed by atoms with Gasteiger partial charge in [0, 0.05) is 17.7 Å². The van der Waals surface area contributed by atoms with Crippen LogP contribution < -0.4 is 9.64 Å². The Balaban J connectivity index is 2.14. The molecule has 0 fully saturated rings. The molecule has 0 bridgehead atoms. The van der Waals surface area contributed by atoms with Gasteiger partial charge in [0.25, 0.3) is 9.05 Å². The van der Waals surface area contributed by atoms with Crippen molar-refractivity contribution < 1.29 is 17.7 Å². The first-order chi connectivity index (χ1) is 8.87. The van der Waals surface area contributed by atoms with E-state index in [2.05, 4.69) is 16.1 Å². The van der Waals surface area contributed by atoms with E-state index in [9.17, 15) is 4.21 Å². The summed E-state index contributed by atoms with van der Waals surface area (Å²) in [4.78, 5) is 2.10. The van der Waals surface area contributed by atoms with Gasteiger partial charge in [-0.15, -0.1) is 0 Å². The van der Waals surface area contributed by atoms with Crippen LogP contribution in [0, 0.1) is 6.92 Å². The van der Waals surface area contributed by atoms with Crippen molar-refractivity contribution in [1.29, 1.82) is 0 Å².